The minimum atomic E-state index is -4.83. The number of nitrogens with two attached hydrogens (primary N) is 1. The van der Waals surface area contributed by atoms with E-state index in [2.05, 4.69) is 15.0 Å². The van der Waals surface area contributed by atoms with Crippen molar-refractivity contribution in [2.45, 2.75) is 24.5 Å². The van der Waals surface area contributed by atoms with Gasteiger partial charge in [-0.25, -0.2) is 4.39 Å². The van der Waals surface area contributed by atoms with Gasteiger partial charge >= 0.3 is 12.5 Å². The van der Waals surface area contributed by atoms with Crippen molar-refractivity contribution >= 4 is 28.9 Å². The highest BCUT2D eigenvalue weighted by molar-refractivity contribution is 7.80. The van der Waals surface area contributed by atoms with Crippen LogP contribution in [0.1, 0.15) is 16.8 Å². The first-order valence-electron chi connectivity index (χ1n) is 9.41. The number of hydrogen-bond acceptors (Lipinski definition) is 3. The second kappa shape index (κ2) is 9.88. The summed E-state index contributed by atoms with van der Waals surface area (Å²) in [4.78, 5) is 4.30. The standard InChI is InChI=1S/C22H17ClF5N3OS/c23-15-6-7-18(30-12-15)21(31-20(29)33,11-13-4-2-1-3-5-13)14-8-16(24)10-17(9-14)32-22(27,28)19(25)26/h1-10,12,19H,11H2,(H3,29,31,33). The fourth-order valence-electron chi connectivity index (χ4n) is 3.33. The molecule has 0 bridgehead atoms. The Hall–Kier alpha value is -2.98. The zero-order valence-electron chi connectivity index (χ0n) is 16.7. The van der Waals surface area contributed by atoms with E-state index < -0.39 is 29.6 Å². The third kappa shape index (κ3) is 5.88. The molecule has 1 aromatic heterocycles. The Morgan fingerprint density at radius 3 is 2.39 bits per heavy atom. The zero-order valence-corrected chi connectivity index (χ0v) is 18.3. The van der Waals surface area contributed by atoms with Crippen molar-refractivity contribution in [3.8, 4) is 5.75 Å². The summed E-state index contributed by atoms with van der Waals surface area (Å²) in [5, 5.41) is 2.99. The average molecular weight is 502 g/mol. The van der Waals surface area contributed by atoms with E-state index in [4.69, 9.17) is 29.6 Å². The Labute approximate surface area is 196 Å². The highest BCUT2D eigenvalue weighted by atomic mass is 35.5. The number of thiocarbonyl (C=S) groups is 1. The van der Waals surface area contributed by atoms with Gasteiger partial charge in [0.1, 0.15) is 17.1 Å². The van der Waals surface area contributed by atoms with Crippen LogP contribution in [-0.4, -0.2) is 22.6 Å². The maximum atomic E-state index is 14.5. The molecule has 0 aliphatic rings. The van der Waals surface area contributed by atoms with E-state index in [9.17, 15) is 22.0 Å². The van der Waals surface area contributed by atoms with Gasteiger partial charge < -0.3 is 15.8 Å². The van der Waals surface area contributed by atoms with Crippen LogP contribution in [-0.2, 0) is 12.0 Å². The van der Waals surface area contributed by atoms with E-state index >= 15 is 0 Å². The second-order valence-electron chi connectivity index (χ2n) is 7.06. The molecule has 33 heavy (non-hydrogen) atoms. The summed E-state index contributed by atoms with van der Waals surface area (Å²) >= 11 is 11.0. The first-order chi connectivity index (χ1) is 15.5. The van der Waals surface area contributed by atoms with Crippen molar-refractivity contribution in [2.24, 2.45) is 5.73 Å². The molecular weight excluding hydrogens is 485 g/mol. The average Bonchev–Trinajstić information content (AvgIpc) is 2.73. The molecule has 1 unspecified atom stereocenters. The predicted molar refractivity (Wildman–Crippen MR) is 118 cm³/mol. The van der Waals surface area contributed by atoms with Crippen LogP contribution in [0.15, 0.2) is 66.9 Å². The molecule has 3 rings (SSSR count). The fourth-order valence-corrected chi connectivity index (χ4v) is 3.62. The molecule has 0 aliphatic heterocycles. The maximum Gasteiger partial charge on any atom is 0.461 e. The summed E-state index contributed by atoms with van der Waals surface area (Å²) in [5.41, 5.74) is 5.29. The van der Waals surface area contributed by atoms with Gasteiger partial charge in [-0.1, -0.05) is 41.9 Å². The van der Waals surface area contributed by atoms with Gasteiger partial charge in [0, 0.05) is 18.7 Å². The van der Waals surface area contributed by atoms with E-state index in [1.807, 2.05) is 0 Å². The molecule has 2 aromatic carbocycles. The summed E-state index contributed by atoms with van der Waals surface area (Å²) < 4.78 is 71.1. The van der Waals surface area contributed by atoms with Crippen molar-refractivity contribution in [1.82, 2.24) is 10.3 Å². The monoisotopic (exact) mass is 501 g/mol. The topological polar surface area (TPSA) is 60.2 Å². The molecule has 0 radical (unpaired) electrons. The minimum Gasteiger partial charge on any atom is -0.428 e. The van der Waals surface area contributed by atoms with Crippen LogP contribution in [0.5, 0.6) is 5.75 Å². The van der Waals surface area contributed by atoms with E-state index in [-0.39, 0.29) is 22.8 Å². The maximum absolute atomic E-state index is 14.5. The second-order valence-corrected chi connectivity index (χ2v) is 7.94. The summed E-state index contributed by atoms with van der Waals surface area (Å²) in [6, 6.07) is 14.5. The molecule has 0 saturated heterocycles. The first kappa shape index (κ1) is 24.7. The lowest BCUT2D eigenvalue weighted by Gasteiger charge is -2.36. The van der Waals surface area contributed by atoms with E-state index in [1.165, 1.54) is 18.3 Å². The van der Waals surface area contributed by atoms with Gasteiger partial charge in [0.05, 0.1) is 10.7 Å². The lowest BCUT2D eigenvalue weighted by atomic mass is 9.80. The summed E-state index contributed by atoms with van der Waals surface area (Å²) in [6.07, 6.45) is -7.54. The van der Waals surface area contributed by atoms with Crippen LogP contribution in [0, 0.1) is 5.82 Å². The molecule has 0 spiro atoms. The van der Waals surface area contributed by atoms with E-state index in [1.54, 1.807) is 30.3 Å². The van der Waals surface area contributed by atoms with Crippen molar-refractivity contribution < 1.29 is 26.7 Å². The third-order valence-corrected chi connectivity index (χ3v) is 5.01. The number of pyridine rings is 1. The van der Waals surface area contributed by atoms with Crippen LogP contribution < -0.4 is 15.8 Å². The van der Waals surface area contributed by atoms with Crippen molar-refractivity contribution in [3.05, 3.63) is 94.5 Å². The Morgan fingerprint density at radius 2 is 1.82 bits per heavy atom. The normalized spacial score (nSPS) is 13.4. The van der Waals surface area contributed by atoms with Gasteiger partial charge in [0.2, 0.25) is 0 Å². The number of ether oxygens (including phenoxy) is 1. The molecule has 0 amide bonds. The number of rotatable bonds is 8. The number of nitrogens with zero attached hydrogens (tertiary/aromatic N) is 1. The lowest BCUT2D eigenvalue weighted by Crippen LogP contribution is -2.51. The Kier molecular flexibility index (Phi) is 7.38. The van der Waals surface area contributed by atoms with Gasteiger partial charge in [0.15, 0.2) is 5.11 Å². The summed E-state index contributed by atoms with van der Waals surface area (Å²) in [6.45, 7) is 0. The van der Waals surface area contributed by atoms with E-state index in [0.29, 0.717) is 11.1 Å². The number of aromatic nitrogens is 1. The molecule has 0 fully saturated rings. The summed E-state index contributed by atoms with van der Waals surface area (Å²) in [7, 11) is 0. The van der Waals surface area contributed by atoms with Gasteiger partial charge in [-0.15, -0.1) is 0 Å². The van der Waals surface area contributed by atoms with Gasteiger partial charge in [0.25, 0.3) is 0 Å². The first-order valence-corrected chi connectivity index (χ1v) is 10.2. The van der Waals surface area contributed by atoms with Crippen LogP contribution in [0.3, 0.4) is 0 Å². The Balaban J connectivity index is 2.23. The number of benzene rings is 2. The SMILES string of the molecule is NC(=S)NC(Cc1ccccc1)(c1cc(F)cc(OC(F)(F)C(F)F)c1)c1ccc(Cl)cn1. The Bertz CT molecular complexity index is 1120. The van der Waals surface area contributed by atoms with Crippen molar-refractivity contribution in [2.75, 3.05) is 0 Å². The molecule has 3 aromatic rings. The predicted octanol–water partition coefficient (Wildman–Crippen LogP) is 5.43. The molecular formula is C22H17ClF5N3OS. The molecule has 3 N–H and O–H groups in total. The lowest BCUT2D eigenvalue weighted by molar-refractivity contribution is -0.253. The third-order valence-electron chi connectivity index (χ3n) is 4.69. The van der Waals surface area contributed by atoms with Crippen LogP contribution in [0.25, 0.3) is 0 Å². The highest BCUT2D eigenvalue weighted by Gasteiger charge is 2.45. The number of alkyl halides is 4. The number of halogens is 6. The molecule has 1 heterocycles. The molecule has 1 atom stereocenters. The minimum absolute atomic E-state index is 0.00837. The molecule has 0 saturated carbocycles. The van der Waals surface area contributed by atoms with E-state index in [0.717, 1.165) is 17.7 Å². The van der Waals surface area contributed by atoms with Crippen molar-refractivity contribution in [1.29, 1.82) is 0 Å². The number of hydrogen-bond donors (Lipinski definition) is 2. The Morgan fingerprint density at radius 1 is 1.12 bits per heavy atom. The van der Waals surface area contributed by atoms with Gasteiger partial charge in [-0.05, 0) is 47.6 Å². The van der Waals surface area contributed by atoms with Gasteiger partial charge in [-0.2, -0.15) is 17.6 Å². The van der Waals surface area contributed by atoms with Crippen LogP contribution in [0.2, 0.25) is 5.02 Å². The molecule has 11 heteroatoms. The molecule has 0 aliphatic carbocycles. The van der Waals surface area contributed by atoms with Crippen molar-refractivity contribution in [3.63, 3.8) is 0 Å². The zero-order chi connectivity index (χ0) is 24.2. The van der Waals surface area contributed by atoms with Crippen LogP contribution in [0.4, 0.5) is 22.0 Å². The highest BCUT2D eigenvalue weighted by Crippen LogP contribution is 2.37. The summed E-state index contributed by atoms with van der Waals surface area (Å²) in [5.74, 6) is -1.82. The number of nitrogens with one attached hydrogen (secondary N) is 1. The smallest absolute Gasteiger partial charge is 0.428 e. The fraction of sp³-hybridized carbons (Fsp3) is 0.182. The quantitative estimate of drug-likeness (QED) is 0.318. The van der Waals surface area contributed by atoms with Crippen LogP contribution >= 0.6 is 23.8 Å². The largest absolute Gasteiger partial charge is 0.461 e. The molecule has 174 valence electrons. The molecule has 4 nitrogen and oxygen atoms in total. The van der Waals surface area contributed by atoms with Gasteiger partial charge in [-0.3, -0.25) is 4.98 Å².